The number of nitrogens with one attached hydrogen (secondary N) is 1. The lowest BCUT2D eigenvalue weighted by molar-refractivity contribution is -0.136. The molecule has 34 heavy (non-hydrogen) atoms. The second-order valence-electron chi connectivity index (χ2n) is 8.11. The number of carbonyl (C=O) groups excluding carboxylic acids is 4. The van der Waals surface area contributed by atoms with Gasteiger partial charge in [-0.3, -0.25) is 14.4 Å². The zero-order valence-electron chi connectivity index (χ0n) is 19.4. The first-order valence-corrected chi connectivity index (χ1v) is 12.1. The molecule has 0 unspecified atom stereocenters. The summed E-state index contributed by atoms with van der Waals surface area (Å²) in [6.45, 7) is 2.85. The van der Waals surface area contributed by atoms with Crippen molar-refractivity contribution in [2.75, 3.05) is 44.4 Å². The van der Waals surface area contributed by atoms with Crippen molar-refractivity contribution in [2.24, 2.45) is 0 Å². The van der Waals surface area contributed by atoms with Gasteiger partial charge in [-0.1, -0.05) is 29.8 Å². The van der Waals surface area contributed by atoms with Crippen LogP contribution in [0.5, 0.6) is 0 Å². The van der Waals surface area contributed by atoms with E-state index in [0.717, 1.165) is 31.5 Å². The van der Waals surface area contributed by atoms with Crippen molar-refractivity contribution in [3.8, 4) is 0 Å². The fourth-order valence-electron chi connectivity index (χ4n) is 3.41. The van der Waals surface area contributed by atoms with E-state index in [-0.39, 0.29) is 24.1 Å². The molecule has 1 fully saturated rings. The molecule has 0 bridgehead atoms. The van der Waals surface area contributed by atoms with E-state index in [1.165, 1.54) is 23.7 Å². The van der Waals surface area contributed by atoms with Crippen molar-refractivity contribution >= 4 is 41.1 Å². The Balaban J connectivity index is 1.47. The average Bonchev–Trinajstić information content (AvgIpc) is 3.37. The fourth-order valence-corrected chi connectivity index (χ4v) is 4.36. The predicted molar refractivity (Wildman–Crippen MR) is 131 cm³/mol. The molecule has 1 aliphatic rings. The van der Waals surface area contributed by atoms with Crippen LogP contribution in [0.1, 0.15) is 28.8 Å². The highest BCUT2D eigenvalue weighted by molar-refractivity contribution is 8.00. The van der Waals surface area contributed by atoms with Crippen LogP contribution in [0, 0.1) is 6.92 Å². The van der Waals surface area contributed by atoms with Crippen molar-refractivity contribution < 1.29 is 23.9 Å². The third-order valence-electron chi connectivity index (χ3n) is 5.39. The molecule has 1 heterocycles. The fraction of sp³-hybridized carbons (Fsp3) is 0.360. The lowest BCUT2D eigenvalue weighted by atomic mass is 10.2. The summed E-state index contributed by atoms with van der Waals surface area (Å²) in [7, 11) is 1.47. The predicted octanol–water partition coefficient (Wildman–Crippen LogP) is 2.96. The molecular weight excluding hydrogens is 454 g/mol. The van der Waals surface area contributed by atoms with Crippen molar-refractivity contribution in [1.29, 1.82) is 0 Å². The largest absolute Gasteiger partial charge is 0.452 e. The molecule has 0 saturated carbocycles. The van der Waals surface area contributed by atoms with E-state index in [4.69, 9.17) is 4.74 Å². The molecule has 0 aliphatic carbocycles. The van der Waals surface area contributed by atoms with Crippen LogP contribution in [-0.2, 0) is 19.1 Å². The molecule has 180 valence electrons. The van der Waals surface area contributed by atoms with Gasteiger partial charge >= 0.3 is 5.97 Å². The summed E-state index contributed by atoms with van der Waals surface area (Å²) in [6, 6.07) is 14.2. The summed E-state index contributed by atoms with van der Waals surface area (Å²) in [4.78, 5) is 53.1. The number of hydrogen-bond donors (Lipinski definition) is 1. The third kappa shape index (κ3) is 7.34. The Bertz CT molecular complexity index is 1040. The van der Waals surface area contributed by atoms with Crippen molar-refractivity contribution in [2.45, 2.75) is 24.7 Å². The molecule has 1 saturated heterocycles. The monoisotopic (exact) mass is 483 g/mol. The second-order valence-corrected chi connectivity index (χ2v) is 9.13. The van der Waals surface area contributed by atoms with Crippen LogP contribution in [0.3, 0.4) is 0 Å². The number of amides is 3. The number of thioether (sulfide) groups is 1. The van der Waals surface area contributed by atoms with E-state index in [2.05, 4.69) is 5.32 Å². The van der Waals surface area contributed by atoms with Gasteiger partial charge in [-0.05, 0) is 44.0 Å². The summed E-state index contributed by atoms with van der Waals surface area (Å²) in [5.74, 6) is -1.21. The van der Waals surface area contributed by atoms with Crippen LogP contribution in [0.2, 0.25) is 0 Å². The van der Waals surface area contributed by atoms with Gasteiger partial charge in [0.1, 0.15) is 0 Å². The van der Waals surface area contributed by atoms with E-state index >= 15 is 0 Å². The minimum Gasteiger partial charge on any atom is -0.452 e. The van der Waals surface area contributed by atoms with Gasteiger partial charge in [-0.25, -0.2) is 4.79 Å². The molecule has 0 spiro atoms. The van der Waals surface area contributed by atoms with Gasteiger partial charge in [0, 0.05) is 30.7 Å². The van der Waals surface area contributed by atoms with Crippen molar-refractivity contribution in [3.63, 3.8) is 0 Å². The number of ether oxygens (including phenoxy) is 1. The lowest BCUT2D eigenvalue weighted by Gasteiger charge is -2.17. The van der Waals surface area contributed by atoms with Gasteiger partial charge in [0.25, 0.3) is 5.91 Å². The Morgan fingerprint density at radius 1 is 1.03 bits per heavy atom. The molecule has 9 heteroatoms. The second kappa shape index (κ2) is 12.2. The molecule has 2 aromatic carbocycles. The van der Waals surface area contributed by atoms with Crippen LogP contribution >= 0.6 is 11.8 Å². The minimum atomic E-state index is -0.650. The van der Waals surface area contributed by atoms with Gasteiger partial charge in [0.05, 0.1) is 17.9 Å². The summed E-state index contributed by atoms with van der Waals surface area (Å²) >= 11 is 1.28. The maximum atomic E-state index is 12.6. The zero-order chi connectivity index (χ0) is 24.5. The van der Waals surface area contributed by atoms with E-state index in [1.807, 2.05) is 24.0 Å². The van der Waals surface area contributed by atoms with Crippen LogP contribution in [0.15, 0.2) is 53.4 Å². The molecule has 3 rings (SSSR count). The first-order valence-electron chi connectivity index (χ1n) is 11.1. The normalized spacial score (nSPS) is 12.8. The quantitative estimate of drug-likeness (QED) is 0.435. The number of benzene rings is 2. The number of aryl methyl sites for hydroxylation is 1. The van der Waals surface area contributed by atoms with E-state index in [9.17, 15) is 19.2 Å². The minimum absolute atomic E-state index is 0.0476. The number of anilines is 1. The van der Waals surface area contributed by atoms with Gasteiger partial charge in [0.2, 0.25) is 11.8 Å². The molecule has 1 N–H and O–H groups in total. The van der Waals surface area contributed by atoms with Gasteiger partial charge in [-0.15, -0.1) is 11.8 Å². The number of esters is 1. The molecule has 8 nitrogen and oxygen atoms in total. The lowest BCUT2D eigenvalue weighted by Crippen LogP contribution is -2.37. The molecule has 0 atom stereocenters. The van der Waals surface area contributed by atoms with Gasteiger partial charge in [-0.2, -0.15) is 0 Å². The molecule has 0 radical (unpaired) electrons. The number of hydrogen-bond acceptors (Lipinski definition) is 6. The van der Waals surface area contributed by atoms with E-state index in [0.29, 0.717) is 16.1 Å². The Morgan fingerprint density at radius 3 is 2.41 bits per heavy atom. The molecule has 0 aromatic heterocycles. The standard InChI is InChI=1S/C25H29N3O5S/c1-18-9-11-19(12-10-18)26-22(29)15-27(2)23(30)16-33-25(32)20-7-3-4-8-21(20)34-17-24(31)28-13-5-6-14-28/h3-4,7-12H,5-6,13-17H2,1-2H3,(H,26,29). The van der Waals surface area contributed by atoms with Gasteiger partial charge in [0.15, 0.2) is 6.61 Å². The molecule has 2 aromatic rings. The van der Waals surface area contributed by atoms with Crippen molar-refractivity contribution in [1.82, 2.24) is 9.80 Å². The van der Waals surface area contributed by atoms with Crippen LogP contribution in [0.4, 0.5) is 5.69 Å². The van der Waals surface area contributed by atoms with Crippen LogP contribution in [-0.4, -0.2) is 72.5 Å². The molecule has 1 aliphatic heterocycles. The number of likely N-dealkylation sites (N-methyl/N-ethyl adjacent to an activating group) is 1. The molecular formula is C25H29N3O5S. The first kappa shape index (κ1) is 25.3. The summed E-state index contributed by atoms with van der Waals surface area (Å²) in [5.41, 5.74) is 2.01. The highest BCUT2D eigenvalue weighted by Crippen LogP contribution is 2.24. The average molecular weight is 484 g/mol. The zero-order valence-corrected chi connectivity index (χ0v) is 20.2. The third-order valence-corrected chi connectivity index (χ3v) is 6.44. The Morgan fingerprint density at radius 2 is 1.71 bits per heavy atom. The number of nitrogens with zero attached hydrogens (tertiary/aromatic N) is 2. The summed E-state index contributed by atoms with van der Waals surface area (Å²) in [6.07, 6.45) is 2.05. The Labute approximate surface area is 203 Å². The SMILES string of the molecule is Cc1ccc(NC(=O)CN(C)C(=O)COC(=O)c2ccccc2SCC(=O)N2CCCC2)cc1. The number of likely N-dealkylation sites (tertiary alicyclic amines) is 1. The van der Waals surface area contributed by atoms with Crippen LogP contribution < -0.4 is 5.32 Å². The maximum Gasteiger partial charge on any atom is 0.339 e. The molecule has 3 amide bonds. The Hall–Kier alpha value is -3.33. The Kier molecular flexibility index (Phi) is 9.09. The first-order chi connectivity index (χ1) is 16.3. The summed E-state index contributed by atoms with van der Waals surface area (Å²) in [5, 5.41) is 2.72. The highest BCUT2D eigenvalue weighted by atomic mass is 32.2. The van der Waals surface area contributed by atoms with E-state index in [1.54, 1.807) is 36.4 Å². The summed E-state index contributed by atoms with van der Waals surface area (Å²) < 4.78 is 5.20. The maximum absolute atomic E-state index is 12.6. The number of rotatable bonds is 9. The topological polar surface area (TPSA) is 96.0 Å². The van der Waals surface area contributed by atoms with Crippen molar-refractivity contribution in [3.05, 3.63) is 59.7 Å². The van der Waals surface area contributed by atoms with Gasteiger partial charge < -0.3 is 19.9 Å². The number of carbonyl (C=O) groups is 4. The smallest absolute Gasteiger partial charge is 0.339 e. The van der Waals surface area contributed by atoms with E-state index < -0.39 is 18.5 Å². The highest BCUT2D eigenvalue weighted by Gasteiger charge is 2.21. The van der Waals surface area contributed by atoms with Crippen LogP contribution in [0.25, 0.3) is 0 Å².